The Morgan fingerprint density at radius 1 is 0.903 bits per heavy atom. The van der Waals surface area contributed by atoms with Crippen LogP contribution in [0.15, 0.2) is 60.8 Å². The molecule has 0 bridgehead atoms. The summed E-state index contributed by atoms with van der Waals surface area (Å²) in [6, 6.07) is 18.7. The van der Waals surface area contributed by atoms with Crippen molar-refractivity contribution in [3.63, 3.8) is 0 Å². The van der Waals surface area contributed by atoms with Crippen molar-refractivity contribution in [2.75, 3.05) is 31.9 Å². The van der Waals surface area contributed by atoms with Crippen molar-refractivity contribution in [2.45, 2.75) is 32.4 Å². The highest BCUT2D eigenvalue weighted by molar-refractivity contribution is 5.58. The van der Waals surface area contributed by atoms with Gasteiger partial charge in [0.25, 0.3) is 0 Å². The maximum atomic E-state index is 5.82. The molecule has 5 heteroatoms. The molecule has 2 aliphatic rings. The maximum Gasteiger partial charge on any atom is 0.159 e. The Morgan fingerprint density at radius 3 is 2.45 bits per heavy atom. The second-order valence-corrected chi connectivity index (χ2v) is 8.98. The van der Waals surface area contributed by atoms with E-state index in [0.717, 1.165) is 49.0 Å². The van der Waals surface area contributed by atoms with E-state index >= 15 is 0 Å². The van der Waals surface area contributed by atoms with Crippen molar-refractivity contribution < 1.29 is 0 Å². The standard InChI is InChI=1S/C26H31N5/c27-24-8-6-22(7-9-24)26-28-16-23-12-15-31(19-25(23)29-26)18-21-10-13-30(14-11-21)17-20-4-2-1-3-5-20/h1-9,16,21H,10-15,17-19,27H2. The topological polar surface area (TPSA) is 58.3 Å². The van der Waals surface area contributed by atoms with E-state index in [1.165, 1.54) is 49.3 Å². The van der Waals surface area contributed by atoms with Crippen LogP contribution in [0.25, 0.3) is 11.4 Å². The van der Waals surface area contributed by atoms with Gasteiger partial charge in [-0.15, -0.1) is 0 Å². The molecule has 2 aliphatic heterocycles. The molecule has 1 saturated heterocycles. The number of fused-ring (bicyclic) bond motifs is 1. The van der Waals surface area contributed by atoms with Crippen LogP contribution in [0.4, 0.5) is 5.69 Å². The molecule has 0 spiro atoms. The maximum absolute atomic E-state index is 5.82. The van der Waals surface area contributed by atoms with E-state index in [1.807, 2.05) is 30.5 Å². The Labute approximate surface area is 184 Å². The van der Waals surface area contributed by atoms with Crippen LogP contribution < -0.4 is 5.73 Å². The third kappa shape index (κ3) is 4.94. The van der Waals surface area contributed by atoms with Gasteiger partial charge in [0.05, 0.1) is 5.69 Å². The van der Waals surface area contributed by atoms with E-state index in [-0.39, 0.29) is 0 Å². The molecule has 0 amide bonds. The number of nitrogens with zero attached hydrogens (tertiary/aromatic N) is 4. The van der Waals surface area contributed by atoms with Crippen LogP contribution in [0.5, 0.6) is 0 Å². The molecule has 2 aromatic carbocycles. The van der Waals surface area contributed by atoms with E-state index < -0.39 is 0 Å². The number of nitrogen functional groups attached to an aromatic ring is 1. The normalized spacial score (nSPS) is 18.1. The van der Waals surface area contributed by atoms with Crippen LogP contribution in [-0.2, 0) is 19.5 Å². The average molecular weight is 414 g/mol. The third-order valence-corrected chi connectivity index (χ3v) is 6.67. The zero-order chi connectivity index (χ0) is 21.0. The first kappa shape index (κ1) is 20.2. The lowest BCUT2D eigenvalue weighted by Gasteiger charge is -2.36. The summed E-state index contributed by atoms with van der Waals surface area (Å²) in [5.74, 6) is 1.58. The molecule has 0 unspecified atom stereocenters. The third-order valence-electron chi connectivity index (χ3n) is 6.67. The van der Waals surface area contributed by atoms with Gasteiger partial charge in [-0.25, -0.2) is 9.97 Å². The van der Waals surface area contributed by atoms with Gasteiger partial charge in [0.1, 0.15) is 0 Å². The van der Waals surface area contributed by atoms with Gasteiger partial charge in [0.15, 0.2) is 5.82 Å². The van der Waals surface area contributed by atoms with E-state index in [1.54, 1.807) is 0 Å². The largest absolute Gasteiger partial charge is 0.399 e. The Morgan fingerprint density at radius 2 is 1.68 bits per heavy atom. The highest BCUT2D eigenvalue weighted by atomic mass is 15.2. The van der Waals surface area contributed by atoms with E-state index in [9.17, 15) is 0 Å². The first-order valence-electron chi connectivity index (χ1n) is 11.4. The smallest absolute Gasteiger partial charge is 0.159 e. The van der Waals surface area contributed by atoms with Gasteiger partial charge in [-0.2, -0.15) is 0 Å². The van der Waals surface area contributed by atoms with Crippen LogP contribution in [0, 0.1) is 5.92 Å². The molecule has 1 aromatic heterocycles. The van der Waals surface area contributed by atoms with Gasteiger partial charge in [-0.05, 0) is 73.7 Å². The van der Waals surface area contributed by atoms with Crippen molar-refractivity contribution in [2.24, 2.45) is 5.92 Å². The van der Waals surface area contributed by atoms with Gasteiger partial charge in [0, 0.05) is 43.6 Å². The molecule has 160 valence electrons. The average Bonchev–Trinajstić information content (AvgIpc) is 2.81. The summed E-state index contributed by atoms with van der Waals surface area (Å²) in [6.07, 6.45) is 5.64. The van der Waals surface area contributed by atoms with Gasteiger partial charge in [0.2, 0.25) is 0 Å². The van der Waals surface area contributed by atoms with Crippen LogP contribution in [0.3, 0.4) is 0 Å². The number of anilines is 1. The fraction of sp³-hybridized carbons (Fsp3) is 0.385. The first-order valence-corrected chi connectivity index (χ1v) is 11.4. The molecular formula is C26H31N5. The highest BCUT2D eigenvalue weighted by Gasteiger charge is 2.24. The number of likely N-dealkylation sites (tertiary alicyclic amines) is 1. The molecule has 0 atom stereocenters. The predicted octanol–water partition coefficient (Wildman–Crippen LogP) is 4.00. The molecule has 0 aliphatic carbocycles. The lowest BCUT2D eigenvalue weighted by atomic mass is 9.94. The summed E-state index contributed by atoms with van der Waals surface area (Å²) >= 11 is 0. The summed E-state index contributed by atoms with van der Waals surface area (Å²) in [7, 11) is 0. The van der Waals surface area contributed by atoms with E-state index in [2.05, 4.69) is 45.1 Å². The van der Waals surface area contributed by atoms with Crippen LogP contribution in [0.2, 0.25) is 0 Å². The monoisotopic (exact) mass is 413 g/mol. The summed E-state index contributed by atoms with van der Waals surface area (Å²) in [5, 5.41) is 0. The number of piperidine rings is 1. The minimum absolute atomic E-state index is 0.766. The SMILES string of the molecule is Nc1ccc(-c2ncc3c(n2)CN(CC2CCN(Cc4ccccc4)CC2)CC3)cc1. The van der Waals surface area contributed by atoms with Crippen molar-refractivity contribution >= 4 is 5.69 Å². The number of hydrogen-bond acceptors (Lipinski definition) is 5. The zero-order valence-electron chi connectivity index (χ0n) is 18.1. The minimum atomic E-state index is 0.766. The van der Waals surface area contributed by atoms with Crippen molar-refractivity contribution in [3.05, 3.63) is 77.6 Å². The zero-order valence-corrected chi connectivity index (χ0v) is 18.1. The fourth-order valence-corrected chi connectivity index (χ4v) is 4.82. The van der Waals surface area contributed by atoms with Gasteiger partial charge in [-0.3, -0.25) is 9.80 Å². The molecule has 0 radical (unpaired) electrons. The van der Waals surface area contributed by atoms with Crippen molar-refractivity contribution in [1.82, 2.24) is 19.8 Å². The summed E-state index contributed by atoms with van der Waals surface area (Å²) in [6.45, 7) is 6.71. The Balaban J connectivity index is 1.17. The molecule has 31 heavy (non-hydrogen) atoms. The lowest BCUT2D eigenvalue weighted by Crippen LogP contribution is -2.40. The van der Waals surface area contributed by atoms with Crippen LogP contribution in [-0.4, -0.2) is 45.9 Å². The highest BCUT2D eigenvalue weighted by Crippen LogP contribution is 2.25. The predicted molar refractivity (Wildman–Crippen MR) is 125 cm³/mol. The fourth-order valence-electron chi connectivity index (χ4n) is 4.82. The quantitative estimate of drug-likeness (QED) is 0.641. The van der Waals surface area contributed by atoms with Crippen molar-refractivity contribution in [3.8, 4) is 11.4 Å². The van der Waals surface area contributed by atoms with Gasteiger partial charge in [-0.1, -0.05) is 30.3 Å². The molecule has 5 nitrogen and oxygen atoms in total. The molecule has 0 saturated carbocycles. The van der Waals surface area contributed by atoms with Crippen LogP contribution >= 0.6 is 0 Å². The number of aromatic nitrogens is 2. The van der Waals surface area contributed by atoms with Gasteiger partial charge < -0.3 is 5.73 Å². The number of nitrogens with two attached hydrogens (primary N) is 1. The molecule has 3 aromatic rings. The second-order valence-electron chi connectivity index (χ2n) is 8.98. The van der Waals surface area contributed by atoms with Crippen molar-refractivity contribution in [1.29, 1.82) is 0 Å². The molecular weight excluding hydrogens is 382 g/mol. The molecule has 2 N–H and O–H groups in total. The van der Waals surface area contributed by atoms with E-state index in [4.69, 9.17) is 10.7 Å². The van der Waals surface area contributed by atoms with Gasteiger partial charge >= 0.3 is 0 Å². The summed E-state index contributed by atoms with van der Waals surface area (Å²) < 4.78 is 0. The van der Waals surface area contributed by atoms with E-state index in [0.29, 0.717) is 0 Å². The van der Waals surface area contributed by atoms with Crippen LogP contribution in [0.1, 0.15) is 29.7 Å². The number of benzene rings is 2. The second kappa shape index (κ2) is 9.16. The molecule has 5 rings (SSSR count). The Bertz CT molecular complexity index is 994. The Hall–Kier alpha value is -2.76. The Kier molecular flexibility index (Phi) is 5.96. The number of hydrogen-bond donors (Lipinski definition) is 1. The lowest BCUT2D eigenvalue weighted by molar-refractivity contribution is 0.131. The summed E-state index contributed by atoms with van der Waals surface area (Å²) in [5.41, 5.74) is 11.5. The first-order chi connectivity index (χ1) is 15.2. The molecule has 1 fully saturated rings. The minimum Gasteiger partial charge on any atom is -0.399 e. The molecule has 3 heterocycles. The summed E-state index contributed by atoms with van der Waals surface area (Å²) in [4.78, 5) is 14.7. The number of rotatable bonds is 5.